The van der Waals surface area contributed by atoms with Gasteiger partial charge in [-0.25, -0.2) is 4.39 Å². The second-order valence-electron chi connectivity index (χ2n) is 5.97. The van der Waals surface area contributed by atoms with E-state index >= 15 is 4.39 Å². The smallest absolute Gasteiger partial charge is 0.138 e. The molecule has 1 heterocycles. The summed E-state index contributed by atoms with van der Waals surface area (Å²) in [5, 5.41) is 0. The lowest BCUT2D eigenvalue weighted by molar-refractivity contribution is 0.109. The van der Waals surface area contributed by atoms with Crippen LogP contribution in [0.25, 0.3) is 0 Å². The number of aryl methyl sites for hydroxylation is 1. The first-order chi connectivity index (χ1) is 9.12. The van der Waals surface area contributed by atoms with Crippen LogP contribution in [0, 0.1) is 0 Å². The normalized spacial score (nSPS) is 30.6. The third-order valence-corrected chi connectivity index (χ3v) is 4.82. The van der Waals surface area contributed by atoms with Crippen LogP contribution in [-0.4, -0.2) is 31.6 Å². The number of likely N-dealkylation sites (tertiary alicyclic amines) is 1. The summed E-state index contributed by atoms with van der Waals surface area (Å²) in [5.74, 6) is 0.766. The Kier molecular flexibility index (Phi) is 3.25. The zero-order chi connectivity index (χ0) is 13.5. The van der Waals surface area contributed by atoms with Crippen molar-refractivity contribution in [3.63, 3.8) is 0 Å². The van der Waals surface area contributed by atoms with Gasteiger partial charge in [0.1, 0.15) is 11.4 Å². The molecule has 104 valence electrons. The van der Waals surface area contributed by atoms with E-state index in [1.807, 2.05) is 18.2 Å². The number of methoxy groups -OCH3 is 1. The number of fused-ring (bicyclic) bond motifs is 1. The highest BCUT2D eigenvalue weighted by molar-refractivity contribution is 5.43. The fourth-order valence-corrected chi connectivity index (χ4v) is 3.61. The van der Waals surface area contributed by atoms with Crippen LogP contribution in [0.15, 0.2) is 18.2 Å². The molecule has 0 bridgehead atoms. The lowest BCUT2D eigenvalue weighted by Crippen LogP contribution is -2.32. The molecule has 1 aliphatic carbocycles. The summed E-state index contributed by atoms with van der Waals surface area (Å²) in [6.07, 6.45) is 4.43. The van der Waals surface area contributed by atoms with Crippen molar-refractivity contribution in [2.24, 2.45) is 0 Å². The molecule has 2 aliphatic rings. The second kappa shape index (κ2) is 4.78. The van der Waals surface area contributed by atoms with Gasteiger partial charge in [-0.15, -0.1) is 0 Å². The first-order valence-corrected chi connectivity index (χ1v) is 7.19. The van der Waals surface area contributed by atoms with Gasteiger partial charge in [-0.05, 0) is 62.5 Å². The maximum absolute atomic E-state index is 15.4. The van der Waals surface area contributed by atoms with Gasteiger partial charge in [0.15, 0.2) is 0 Å². The van der Waals surface area contributed by atoms with E-state index in [9.17, 15) is 0 Å². The molecule has 1 fully saturated rings. The van der Waals surface area contributed by atoms with Gasteiger partial charge in [0.2, 0.25) is 0 Å². The first kappa shape index (κ1) is 12.9. The van der Waals surface area contributed by atoms with Gasteiger partial charge in [-0.3, -0.25) is 0 Å². The van der Waals surface area contributed by atoms with Crippen molar-refractivity contribution < 1.29 is 9.13 Å². The maximum Gasteiger partial charge on any atom is 0.138 e. The van der Waals surface area contributed by atoms with Gasteiger partial charge < -0.3 is 9.64 Å². The average molecular weight is 263 g/mol. The number of benzene rings is 1. The molecule has 2 nitrogen and oxygen atoms in total. The number of ether oxygens (including phenoxy) is 1. The molecule has 1 saturated heterocycles. The summed E-state index contributed by atoms with van der Waals surface area (Å²) in [5.41, 5.74) is 0.865. The first-order valence-electron chi connectivity index (χ1n) is 7.19. The van der Waals surface area contributed by atoms with Crippen LogP contribution in [0.5, 0.6) is 5.75 Å². The number of rotatable bonds is 3. The molecule has 3 heteroatoms. The molecule has 0 N–H and O–H groups in total. The van der Waals surface area contributed by atoms with Crippen LogP contribution in [0.4, 0.5) is 4.39 Å². The molecule has 0 saturated carbocycles. The van der Waals surface area contributed by atoms with E-state index in [1.165, 1.54) is 6.42 Å². The van der Waals surface area contributed by atoms with E-state index in [4.69, 9.17) is 4.74 Å². The molecular formula is C16H22FNO. The highest BCUT2D eigenvalue weighted by Crippen LogP contribution is 2.46. The summed E-state index contributed by atoms with van der Waals surface area (Å²) < 4.78 is 20.6. The maximum atomic E-state index is 15.4. The SMILES string of the molecule is COc1ccc2c(c1)[C@@](F)(C[C@@H]1CCCN1C)CC2. The van der Waals surface area contributed by atoms with Crippen molar-refractivity contribution in [1.29, 1.82) is 0 Å². The number of alkyl halides is 1. The van der Waals surface area contributed by atoms with Gasteiger partial charge in [0.05, 0.1) is 7.11 Å². The van der Waals surface area contributed by atoms with Crippen LogP contribution in [-0.2, 0) is 12.1 Å². The topological polar surface area (TPSA) is 12.5 Å². The van der Waals surface area contributed by atoms with E-state index in [0.29, 0.717) is 18.9 Å². The molecule has 0 amide bonds. The molecule has 19 heavy (non-hydrogen) atoms. The molecule has 2 atom stereocenters. The van der Waals surface area contributed by atoms with E-state index in [1.54, 1.807) is 7.11 Å². The lowest BCUT2D eigenvalue weighted by Gasteiger charge is -2.28. The van der Waals surface area contributed by atoms with Gasteiger partial charge in [-0.2, -0.15) is 0 Å². The second-order valence-corrected chi connectivity index (χ2v) is 5.97. The molecule has 3 rings (SSSR count). The van der Waals surface area contributed by atoms with Crippen molar-refractivity contribution in [3.05, 3.63) is 29.3 Å². The number of hydrogen-bond acceptors (Lipinski definition) is 2. The predicted molar refractivity (Wildman–Crippen MR) is 74.4 cm³/mol. The molecular weight excluding hydrogens is 241 g/mol. The van der Waals surface area contributed by atoms with Crippen molar-refractivity contribution in [1.82, 2.24) is 4.90 Å². The van der Waals surface area contributed by atoms with Crippen molar-refractivity contribution in [2.45, 2.75) is 43.8 Å². The summed E-state index contributed by atoms with van der Waals surface area (Å²) in [6.45, 7) is 1.10. The minimum absolute atomic E-state index is 0.391. The number of hydrogen-bond donors (Lipinski definition) is 0. The molecule has 1 aliphatic heterocycles. The van der Waals surface area contributed by atoms with Crippen molar-refractivity contribution >= 4 is 0 Å². The molecule has 1 aromatic rings. The van der Waals surface area contributed by atoms with Gasteiger partial charge in [0, 0.05) is 12.5 Å². The van der Waals surface area contributed by atoms with E-state index < -0.39 is 5.67 Å². The quantitative estimate of drug-likeness (QED) is 0.829. The van der Waals surface area contributed by atoms with Crippen LogP contribution in [0.3, 0.4) is 0 Å². The van der Waals surface area contributed by atoms with Crippen LogP contribution in [0.2, 0.25) is 0 Å². The van der Waals surface area contributed by atoms with Crippen molar-refractivity contribution in [2.75, 3.05) is 20.7 Å². The fraction of sp³-hybridized carbons (Fsp3) is 0.625. The minimum Gasteiger partial charge on any atom is -0.497 e. The Morgan fingerprint density at radius 3 is 3.00 bits per heavy atom. The lowest BCUT2D eigenvalue weighted by atomic mass is 9.89. The standard InChI is InChI=1S/C16H22FNO/c1-18-9-3-4-13(18)11-16(17)8-7-12-5-6-14(19-2)10-15(12)16/h5-6,10,13H,3-4,7-9,11H2,1-2H3/t13-,16-/m0/s1. The molecule has 0 spiro atoms. The van der Waals surface area contributed by atoms with E-state index in [-0.39, 0.29) is 0 Å². The Labute approximate surface area is 114 Å². The third kappa shape index (κ3) is 2.25. The highest BCUT2D eigenvalue weighted by atomic mass is 19.1. The van der Waals surface area contributed by atoms with Gasteiger partial charge in [-0.1, -0.05) is 6.07 Å². The Morgan fingerprint density at radius 2 is 2.32 bits per heavy atom. The summed E-state index contributed by atoms with van der Waals surface area (Å²) >= 11 is 0. The monoisotopic (exact) mass is 263 g/mol. The van der Waals surface area contributed by atoms with Crippen LogP contribution < -0.4 is 4.74 Å². The predicted octanol–water partition coefficient (Wildman–Crippen LogP) is 3.29. The average Bonchev–Trinajstić information content (AvgIpc) is 2.95. The Balaban J connectivity index is 1.86. The number of halogens is 1. The van der Waals surface area contributed by atoms with E-state index in [0.717, 1.165) is 36.3 Å². The van der Waals surface area contributed by atoms with E-state index in [2.05, 4.69) is 11.9 Å². The van der Waals surface area contributed by atoms with Crippen LogP contribution >= 0.6 is 0 Å². The molecule has 0 radical (unpaired) electrons. The highest BCUT2D eigenvalue weighted by Gasteiger charge is 2.42. The Morgan fingerprint density at radius 1 is 1.47 bits per heavy atom. The Bertz CT molecular complexity index is 476. The zero-order valence-electron chi connectivity index (χ0n) is 11.8. The largest absolute Gasteiger partial charge is 0.497 e. The molecule has 1 aromatic carbocycles. The van der Waals surface area contributed by atoms with Crippen molar-refractivity contribution in [3.8, 4) is 5.75 Å². The molecule has 0 unspecified atom stereocenters. The number of nitrogens with zero attached hydrogens (tertiary/aromatic N) is 1. The summed E-state index contributed by atoms with van der Waals surface area (Å²) in [7, 11) is 3.75. The summed E-state index contributed by atoms with van der Waals surface area (Å²) in [4.78, 5) is 2.31. The minimum atomic E-state index is -1.16. The van der Waals surface area contributed by atoms with Gasteiger partial charge in [0.25, 0.3) is 0 Å². The summed E-state index contributed by atoms with van der Waals surface area (Å²) in [6, 6.07) is 6.25. The van der Waals surface area contributed by atoms with Gasteiger partial charge >= 0.3 is 0 Å². The molecule has 0 aromatic heterocycles. The fourth-order valence-electron chi connectivity index (χ4n) is 3.61. The Hall–Kier alpha value is -1.09. The third-order valence-electron chi connectivity index (χ3n) is 4.82. The van der Waals surface area contributed by atoms with Crippen LogP contribution in [0.1, 0.15) is 36.8 Å². The zero-order valence-corrected chi connectivity index (χ0v) is 11.8.